The van der Waals surface area contributed by atoms with Crippen LogP contribution in [-0.4, -0.2) is 30.1 Å². The number of hydrogen-bond acceptors (Lipinski definition) is 3. The molecule has 0 aromatic carbocycles. The van der Waals surface area contributed by atoms with E-state index in [1.165, 1.54) is 12.8 Å². The molecule has 1 heterocycles. The molecule has 0 unspecified atom stereocenters. The highest BCUT2D eigenvalue weighted by Crippen LogP contribution is 2.35. The van der Waals surface area contributed by atoms with E-state index in [4.69, 9.17) is 10.00 Å². The van der Waals surface area contributed by atoms with Gasteiger partial charge in [0, 0.05) is 25.6 Å². The number of rotatable bonds is 6. The lowest BCUT2D eigenvalue weighted by molar-refractivity contribution is 0.0601. The first kappa shape index (κ1) is 12.4. The predicted octanol–water partition coefficient (Wildman–Crippen LogP) is 2.69. The Balaban J connectivity index is 1.85. The molecule has 0 aromatic heterocycles. The Morgan fingerprint density at radius 2 is 2.29 bits per heavy atom. The largest absolute Gasteiger partial charge is 0.497 e. The molecular weight excluding hydrogens is 212 g/mol. The molecule has 2 atom stereocenters. The Morgan fingerprint density at radius 1 is 1.47 bits per heavy atom. The average molecular weight is 234 g/mol. The van der Waals surface area contributed by atoms with Gasteiger partial charge in [-0.1, -0.05) is 0 Å². The summed E-state index contributed by atoms with van der Waals surface area (Å²) in [5.41, 5.74) is 0. The van der Waals surface area contributed by atoms with Crippen molar-refractivity contribution in [1.29, 1.82) is 5.26 Å². The fourth-order valence-electron chi connectivity index (χ4n) is 2.51. The monoisotopic (exact) mass is 234 g/mol. The highest BCUT2D eigenvalue weighted by molar-refractivity contribution is 4.89. The predicted molar refractivity (Wildman–Crippen MR) is 67.2 cm³/mol. The van der Waals surface area contributed by atoms with Gasteiger partial charge in [-0.05, 0) is 44.6 Å². The summed E-state index contributed by atoms with van der Waals surface area (Å²) in [6.45, 7) is 4.16. The molecule has 3 heteroatoms. The Morgan fingerprint density at radius 3 is 2.88 bits per heavy atom. The van der Waals surface area contributed by atoms with Crippen LogP contribution in [-0.2, 0) is 4.74 Å². The molecule has 0 saturated heterocycles. The van der Waals surface area contributed by atoms with Crippen molar-refractivity contribution in [3.63, 3.8) is 0 Å². The molecule has 3 nitrogen and oxygen atoms in total. The van der Waals surface area contributed by atoms with Gasteiger partial charge in [0.1, 0.15) is 6.10 Å². The minimum atomic E-state index is 0.319. The van der Waals surface area contributed by atoms with Gasteiger partial charge in [0.25, 0.3) is 0 Å². The first-order valence-electron chi connectivity index (χ1n) is 6.72. The first-order valence-corrected chi connectivity index (χ1v) is 6.72. The van der Waals surface area contributed by atoms with Crippen LogP contribution in [0.4, 0.5) is 0 Å². The van der Waals surface area contributed by atoms with Crippen LogP contribution in [0, 0.1) is 17.2 Å². The molecule has 0 N–H and O–H groups in total. The Bertz CT molecular complexity index is 304. The Labute approximate surface area is 104 Å². The standard InChI is InChI=1S/C14H22N2O/c1-12(13-6-7-13)16(9-4-8-15)11-14-5-2-3-10-17-14/h3,10,12-14H,2,4-7,9,11H2,1H3/t12-,14-/m1/s1. The summed E-state index contributed by atoms with van der Waals surface area (Å²) in [6, 6.07) is 2.86. The van der Waals surface area contributed by atoms with Crippen molar-refractivity contribution in [2.75, 3.05) is 13.1 Å². The summed E-state index contributed by atoms with van der Waals surface area (Å²) in [7, 11) is 0. The fraction of sp³-hybridized carbons (Fsp3) is 0.786. The molecule has 2 rings (SSSR count). The van der Waals surface area contributed by atoms with Crippen LogP contribution >= 0.6 is 0 Å². The molecule has 0 spiro atoms. The summed E-state index contributed by atoms with van der Waals surface area (Å²) in [5.74, 6) is 0.854. The minimum absolute atomic E-state index is 0.319. The van der Waals surface area contributed by atoms with Gasteiger partial charge in [-0.3, -0.25) is 4.90 Å². The van der Waals surface area contributed by atoms with E-state index < -0.39 is 0 Å². The zero-order chi connectivity index (χ0) is 12.1. The second kappa shape index (κ2) is 6.07. The zero-order valence-electron chi connectivity index (χ0n) is 10.6. The molecule has 0 radical (unpaired) electrons. The summed E-state index contributed by atoms with van der Waals surface area (Å²) in [4.78, 5) is 2.45. The van der Waals surface area contributed by atoms with Gasteiger partial charge in [-0.25, -0.2) is 0 Å². The van der Waals surface area contributed by atoms with E-state index in [0.29, 0.717) is 18.6 Å². The van der Waals surface area contributed by atoms with Crippen LogP contribution in [0.15, 0.2) is 12.3 Å². The van der Waals surface area contributed by atoms with E-state index in [0.717, 1.165) is 31.8 Å². The molecular formula is C14H22N2O. The van der Waals surface area contributed by atoms with Gasteiger partial charge in [0.05, 0.1) is 12.3 Å². The summed E-state index contributed by atoms with van der Waals surface area (Å²) in [6.07, 6.45) is 9.80. The molecule has 2 aliphatic rings. The van der Waals surface area contributed by atoms with Gasteiger partial charge in [-0.15, -0.1) is 0 Å². The van der Waals surface area contributed by atoms with Crippen LogP contribution < -0.4 is 0 Å². The molecule has 1 aliphatic carbocycles. The van der Waals surface area contributed by atoms with E-state index in [9.17, 15) is 0 Å². The lowest BCUT2D eigenvalue weighted by Gasteiger charge is -2.32. The topological polar surface area (TPSA) is 36.3 Å². The van der Waals surface area contributed by atoms with E-state index >= 15 is 0 Å². The van der Waals surface area contributed by atoms with Crippen molar-refractivity contribution in [2.45, 2.75) is 51.2 Å². The Hall–Kier alpha value is -1.01. The van der Waals surface area contributed by atoms with Gasteiger partial charge >= 0.3 is 0 Å². The maximum Gasteiger partial charge on any atom is 0.111 e. The number of nitrogens with zero attached hydrogens (tertiary/aromatic N) is 2. The highest BCUT2D eigenvalue weighted by atomic mass is 16.5. The minimum Gasteiger partial charge on any atom is -0.497 e. The SMILES string of the molecule is C[C@H](C1CC1)N(CCC#N)C[C@H]1CCC=CO1. The molecule has 0 bridgehead atoms. The third kappa shape index (κ3) is 3.74. The number of ether oxygens (including phenoxy) is 1. The Kier molecular flexibility index (Phi) is 4.44. The van der Waals surface area contributed by atoms with E-state index in [2.05, 4.69) is 24.0 Å². The van der Waals surface area contributed by atoms with Crippen LogP contribution in [0.1, 0.15) is 39.0 Å². The summed E-state index contributed by atoms with van der Waals surface area (Å²) >= 11 is 0. The number of nitriles is 1. The van der Waals surface area contributed by atoms with Crippen molar-refractivity contribution in [2.24, 2.45) is 5.92 Å². The highest BCUT2D eigenvalue weighted by Gasteiger charge is 2.32. The normalized spacial score (nSPS) is 25.4. The van der Waals surface area contributed by atoms with Gasteiger partial charge in [0.15, 0.2) is 0 Å². The van der Waals surface area contributed by atoms with Crippen molar-refractivity contribution >= 4 is 0 Å². The molecule has 0 amide bonds. The van der Waals surface area contributed by atoms with Crippen molar-refractivity contribution in [3.8, 4) is 6.07 Å². The molecule has 1 aliphatic heterocycles. The average Bonchev–Trinajstić information content (AvgIpc) is 3.19. The number of hydrogen-bond donors (Lipinski definition) is 0. The van der Waals surface area contributed by atoms with E-state index in [1.807, 2.05) is 6.26 Å². The van der Waals surface area contributed by atoms with Crippen LogP contribution in [0.3, 0.4) is 0 Å². The lowest BCUT2D eigenvalue weighted by atomic mass is 10.1. The molecule has 1 fully saturated rings. The molecule has 94 valence electrons. The van der Waals surface area contributed by atoms with Gasteiger partial charge < -0.3 is 4.74 Å². The first-order chi connectivity index (χ1) is 8.31. The smallest absolute Gasteiger partial charge is 0.111 e. The van der Waals surface area contributed by atoms with Crippen molar-refractivity contribution in [1.82, 2.24) is 4.90 Å². The van der Waals surface area contributed by atoms with Crippen molar-refractivity contribution in [3.05, 3.63) is 12.3 Å². The second-order valence-corrected chi connectivity index (χ2v) is 5.19. The summed E-state index contributed by atoms with van der Waals surface area (Å²) < 4.78 is 5.63. The zero-order valence-corrected chi connectivity index (χ0v) is 10.6. The van der Waals surface area contributed by atoms with Crippen molar-refractivity contribution < 1.29 is 4.74 Å². The maximum absolute atomic E-state index is 8.74. The summed E-state index contributed by atoms with van der Waals surface area (Å²) in [5, 5.41) is 8.74. The molecule has 17 heavy (non-hydrogen) atoms. The second-order valence-electron chi connectivity index (χ2n) is 5.19. The van der Waals surface area contributed by atoms with Gasteiger partial charge in [-0.2, -0.15) is 5.26 Å². The number of allylic oxidation sites excluding steroid dienone is 1. The van der Waals surface area contributed by atoms with Crippen LogP contribution in [0.2, 0.25) is 0 Å². The molecule has 1 saturated carbocycles. The third-order valence-corrected chi connectivity index (χ3v) is 3.85. The maximum atomic E-state index is 8.74. The van der Waals surface area contributed by atoms with Crippen LogP contribution in [0.5, 0.6) is 0 Å². The van der Waals surface area contributed by atoms with E-state index in [1.54, 1.807) is 0 Å². The molecule has 0 aromatic rings. The lowest BCUT2D eigenvalue weighted by Crippen LogP contribution is -2.41. The van der Waals surface area contributed by atoms with Gasteiger partial charge in [0.2, 0.25) is 0 Å². The quantitative estimate of drug-likeness (QED) is 0.709. The fourth-order valence-corrected chi connectivity index (χ4v) is 2.51. The third-order valence-electron chi connectivity index (χ3n) is 3.85. The van der Waals surface area contributed by atoms with E-state index in [-0.39, 0.29) is 0 Å². The van der Waals surface area contributed by atoms with Crippen LogP contribution in [0.25, 0.3) is 0 Å².